The molecule has 3 unspecified atom stereocenters. The molecule has 3 nitrogen and oxygen atoms in total. The summed E-state index contributed by atoms with van der Waals surface area (Å²) < 4.78 is 6.76. The maximum Gasteiger partial charge on any atom is 0.217 e. The molecule has 0 saturated heterocycles. The Kier molecular flexibility index (Phi) is 8.18. The van der Waals surface area contributed by atoms with Crippen LogP contribution in [0.25, 0.3) is 0 Å². The molecule has 4 aromatic carbocycles. The summed E-state index contributed by atoms with van der Waals surface area (Å²) >= 11 is 16.3. The minimum absolute atomic E-state index is 0.00812. The Balaban J connectivity index is 1.44. The van der Waals surface area contributed by atoms with Crippen molar-refractivity contribution in [1.82, 2.24) is 5.32 Å². The highest BCUT2D eigenvalue weighted by Gasteiger charge is 2.33. The van der Waals surface area contributed by atoms with Gasteiger partial charge in [0.25, 0.3) is 0 Å². The SMILES string of the molecule is COc1ccc2c(c1)C(c1ccc3c(c1)C(c1ccc(Br)cc1)CC[C@H]3NC(C)=O)CCC2c1ccc(Cl)c(Cl)c1. The zero-order chi connectivity index (χ0) is 28.7. The summed E-state index contributed by atoms with van der Waals surface area (Å²) in [4.78, 5) is 12.1. The van der Waals surface area contributed by atoms with E-state index in [1.54, 1.807) is 14.0 Å². The van der Waals surface area contributed by atoms with Gasteiger partial charge in [-0.25, -0.2) is 0 Å². The lowest BCUT2D eigenvalue weighted by Crippen LogP contribution is -2.30. The Morgan fingerprint density at radius 1 is 0.707 bits per heavy atom. The van der Waals surface area contributed by atoms with Gasteiger partial charge in [-0.1, -0.05) is 81.6 Å². The first-order chi connectivity index (χ1) is 19.8. The maximum atomic E-state index is 12.1. The molecule has 0 aromatic heterocycles. The molecule has 4 atom stereocenters. The predicted molar refractivity (Wildman–Crippen MR) is 171 cm³/mol. The van der Waals surface area contributed by atoms with Crippen LogP contribution in [-0.4, -0.2) is 13.0 Å². The van der Waals surface area contributed by atoms with Crippen molar-refractivity contribution in [3.63, 3.8) is 0 Å². The van der Waals surface area contributed by atoms with Crippen molar-refractivity contribution in [3.8, 4) is 5.75 Å². The average molecular weight is 649 g/mol. The molecule has 0 aliphatic heterocycles. The minimum atomic E-state index is 0.00812. The lowest BCUT2D eigenvalue weighted by Gasteiger charge is -2.36. The van der Waals surface area contributed by atoms with Gasteiger partial charge >= 0.3 is 0 Å². The zero-order valence-electron chi connectivity index (χ0n) is 23.1. The van der Waals surface area contributed by atoms with Gasteiger partial charge in [0, 0.05) is 29.2 Å². The highest BCUT2D eigenvalue weighted by atomic mass is 79.9. The van der Waals surface area contributed by atoms with E-state index in [0.29, 0.717) is 10.0 Å². The molecular formula is C35H32BrCl2NO2. The number of nitrogens with one attached hydrogen (secondary N) is 1. The van der Waals surface area contributed by atoms with Crippen LogP contribution in [0.1, 0.15) is 95.3 Å². The number of amides is 1. The Bertz CT molecular complexity index is 1600. The van der Waals surface area contributed by atoms with E-state index in [4.69, 9.17) is 27.9 Å². The highest BCUT2D eigenvalue weighted by Crippen LogP contribution is 2.49. The molecule has 1 amide bonds. The summed E-state index contributed by atoms with van der Waals surface area (Å²) in [5.41, 5.74) is 8.92. The van der Waals surface area contributed by atoms with Crippen LogP contribution in [-0.2, 0) is 4.79 Å². The molecule has 6 heteroatoms. The molecule has 2 aliphatic carbocycles. The molecule has 41 heavy (non-hydrogen) atoms. The summed E-state index contributed by atoms with van der Waals surface area (Å²) in [7, 11) is 1.72. The van der Waals surface area contributed by atoms with Gasteiger partial charge in [0.2, 0.25) is 5.91 Å². The number of fused-ring (bicyclic) bond motifs is 2. The molecule has 1 N–H and O–H groups in total. The van der Waals surface area contributed by atoms with Gasteiger partial charge in [0.05, 0.1) is 23.2 Å². The molecule has 0 spiro atoms. The molecule has 210 valence electrons. The van der Waals surface area contributed by atoms with Gasteiger partial charge in [-0.2, -0.15) is 0 Å². The Morgan fingerprint density at radius 3 is 2.00 bits per heavy atom. The van der Waals surface area contributed by atoms with E-state index < -0.39 is 0 Å². The molecule has 0 saturated carbocycles. The van der Waals surface area contributed by atoms with E-state index in [9.17, 15) is 4.79 Å². The molecule has 6 rings (SSSR count). The van der Waals surface area contributed by atoms with Crippen LogP contribution >= 0.6 is 39.1 Å². The molecule has 0 heterocycles. The summed E-state index contributed by atoms with van der Waals surface area (Å²) in [6, 6.07) is 28.1. The standard InChI is InChI=1S/C35H32BrCl2NO2/c1-20(40)39-35-16-14-26(21-3-7-24(36)8-4-21)31-17-22(5-10-30(31)35)28-13-12-27(23-6-15-33(37)34(38)18-23)29-11-9-25(41-2)19-32(28)29/h3-11,15,17-19,26-28,35H,12-14,16H2,1-2H3,(H,39,40)/t26?,27?,28?,35-/m1/s1. The van der Waals surface area contributed by atoms with Gasteiger partial charge < -0.3 is 10.1 Å². The van der Waals surface area contributed by atoms with E-state index in [1.165, 1.54) is 38.9 Å². The number of benzene rings is 4. The molecule has 0 bridgehead atoms. The topological polar surface area (TPSA) is 38.3 Å². The van der Waals surface area contributed by atoms with Crippen LogP contribution in [0.2, 0.25) is 10.0 Å². The maximum absolute atomic E-state index is 12.1. The second kappa shape index (κ2) is 11.8. The molecule has 0 radical (unpaired) electrons. The van der Waals surface area contributed by atoms with E-state index in [0.717, 1.165) is 35.9 Å². The quantitative estimate of drug-likeness (QED) is 0.234. The minimum Gasteiger partial charge on any atom is -0.497 e. The number of hydrogen-bond donors (Lipinski definition) is 1. The lowest BCUT2D eigenvalue weighted by molar-refractivity contribution is -0.119. The van der Waals surface area contributed by atoms with Crippen molar-refractivity contribution >= 4 is 45.0 Å². The van der Waals surface area contributed by atoms with Gasteiger partial charge in [-0.15, -0.1) is 0 Å². The van der Waals surface area contributed by atoms with E-state index in [1.807, 2.05) is 12.1 Å². The van der Waals surface area contributed by atoms with E-state index in [2.05, 4.69) is 88.0 Å². The Hall–Kier alpha value is -2.79. The second-order valence-corrected chi connectivity index (χ2v) is 12.9. The van der Waals surface area contributed by atoms with Crippen LogP contribution in [0.3, 0.4) is 0 Å². The zero-order valence-corrected chi connectivity index (χ0v) is 26.2. The lowest BCUT2D eigenvalue weighted by atomic mass is 9.70. The summed E-state index contributed by atoms with van der Waals surface area (Å²) in [5, 5.41) is 4.36. The average Bonchev–Trinajstić information content (AvgIpc) is 2.98. The fourth-order valence-corrected chi connectivity index (χ4v) is 7.45. The van der Waals surface area contributed by atoms with Gasteiger partial charge in [-0.05, 0) is 101 Å². The number of halogens is 3. The molecule has 2 aliphatic rings. The van der Waals surface area contributed by atoms with Crippen LogP contribution in [0.4, 0.5) is 0 Å². The Labute approximate surface area is 260 Å². The normalized spacial score (nSPS) is 21.5. The molecular weight excluding hydrogens is 617 g/mol. The summed E-state index contributed by atoms with van der Waals surface area (Å²) in [6.45, 7) is 1.60. The second-order valence-electron chi connectivity index (χ2n) is 11.2. The van der Waals surface area contributed by atoms with Crippen molar-refractivity contribution in [2.24, 2.45) is 0 Å². The number of carbonyl (C=O) groups is 1. The number of hydrogen-bond acceptors (Lipinski definition) is 2. The van der Waals surface area contributed by atoms with Crippen molar-refractivity contribution in [3.05, 3.63) is 132 Å². The number of carbonyl (C=O) groups excluding carboxylic acids is 1. The first-order valence-electron chi connectivity index (χ1n) is 14.1. The fraction of sp³-hybridized carbons (Fsp3) is 0.286. The number of ether oxygens (including phenoxy) is 1. The van der Waals surface area contributed by atoms with Crippen molar-refractivity contribution in [2.45, 2.75) is 56.4 Å². The van der Waals surface area contributed by atoms with Gasteiger partial charge in [0.1, 0.15) is 5.75 Å². The van der Waals surface area contributed by atoms with Crippen LogP contribution in [0.15, 0.2) is 83.3 Å². The number of rotatable bonds is 5. The van der Waals surface area contributed by atoms with Gasteiger partial charge in [-0.3, -0.25) is 4.79 Å². The van der Waals surface area contributed by atoms with Crippen LogP contribution in [0, 0.1) is 0 Å². The van der Waals surface area contributed by atoms with Crippen LogP contribution < -0.4 is 10.1 Å². The fourth-order valence-electron chi connectivity index (χ4n) is 6.87. The Morgan fingerprint density at radius 2 is 1.29 bits per heavy atom. The largest absolute Gasteiger partial charge is 0.497 e. The summed E-state index contributed by atoms with van der Waals surface area (Å²) in [5.74, 6) is 1.62. The first-order valence-corrected chi connectivity index (χ1v) is 15.7. The molecule has 0 fully saturated rings. The van der Waals surface area contributed by atoms with E-state index in [-0.39, 0.29) is 29.7 Å². The first kappa shape index (κ1) is 28.3. The highest BCUT2D eigenvalue weighted by molar-refractivity contribution is 9.10. The van der Waals surface area contributed by atoms with Crippen molar-refractivity contribution in [2.75, 3.05) is 7.11 Å². The summed E-state index contributed by atoms with van der Waals surface area (Å²) in [6.07, 6.45) is 3.91. The molecule has 4 aromatic rings. The predicted octanol–water partition coefficient (Wildman–Crippen LogP) is 9.92. The van der Waals surface area contributed by atoms with Crippen molar-refractivity contribution < 1.29 is 9.53 Å². The third-order valence-corrected chi connectivity index (χ3v) is 10.1. The monoisotopic (exact) mass is 647 g/mol. The van der Waals surface area contributed by atoms with Crippen LogP contribution in [0.5, 0.6) is 5.75 Å². The number of methoxy groups -OCH3 is 1. The van der Waals surface area contributed by atoms with Crippen molar-refractivity contribution in [1.29, 1.82) is 0 Å². The smallest absolute Gasteiger partial charge is 0.217 e. The third kappa shape index (κ3) is 5.67. The van der Waals surface area contributed by atoms with Gasteiger partial charge in [0.15, 0.2) is 0 Å². The third-order valence-electron chi connectivity index (χ3n) is 8.79. The van der Waals surface area contributed by atoms with E-state index >= 15 is 0 Å².